The Kier molecular flexibility index (Phi) is 5.76. The predicted octanol–water partition coefficient (Wildman–Crippen LogP) is 1.35. The van der Waals surface area contributed by atoms with Gasteiger partial charge in [0.05, 0.1) is 19.5 Å². The van der Waals surface area contributed by atoms with E-state index in [1.807, 2.05) is 17.9 Å². The molecular weight excluding hydrogens is 333 g/mol. The Morgan fingerprint density at radius 2 is 2.18 bits per heavy atom. The summed E-state index contributed by atoms with van der Waals surface area (Å²) in [6.45, 7) is 5.56. The van der Waals surface area contributed by atoms with Gasteiger partial charge < -0.3 is 19.8 Å². The van der Waals surface area contributed by atoms with Crippen molar-refractivity contribution in [1.29, 1.82) is 0 Å². The van der Waals surface area contributed by atoms with E-state index in [9.17, 15) is 0 Å². The highest BCUT2D eigenvalue weighted by Gasteiger charge is 2.12. The second kappa shape index (κ2) is 6.85. The monoisotopic (exact) mass is 351 g/mol. The summed E-state index contributed by atoms with van der Waals surface area (Å²) in [6, 6.07) is 1.93. The third-order valence-corrected chi connectivity index (χ3v) is 2.69. The highest BCUT2D eigenvalue weighted by atomic mass is 127. The molecule has 0 aliphatic carbocycles. The van der Waals surface area contributed by atoms with Crippen molar-refractivity contribution in [3.8, 4) is 0 Å². The molecule has 1 aromatic heterocycles. The van der Waals surface area contributed by atoms with Gasteiger partial charge in [0.1, 0.15) is 12.3 Å². The van der Waals surface area contributed by atoms with Gasteiger partial charge in [-0.15, -0.1) is 24.0 Å². The predicted molar refractivity (Wildman–Crippen MR) is 76.6 cm³/mol. The molecule has 0 saturated carbocycles. The van der Waals surface area contributed by atoms with Crippen LogP contribution in [0.3, 0.4) is 0 Å². The van der Waals surface area contributed by atoms with Crippen molar-refractivity contribution in [1.82, 2.24) is 4.90 Å². The molecule has 2 heterocycles. The van der Waals surface area contributed by atoms with Crippen LogP contribution < -0.4 is 5.73 Å². The average Bonchev–Trinajstić information content (AvgIpc) is 2.73. The zero-order valence-corrected chi connectivity index (χ0v) is 12.2. The van der Waals surface area contributed by atoms with Crippen molar-refractivity contribution in [2.45, 2.75) is 13.5 Å². The first-order valence-electron chi connectivity index (χ1n) is 5.43. The van der Waals surface area contributed by atoms with Crippen molar-refractivity contribution in [3.05, 3.63) is 23.7 Å². The number of aryl methyl sites for hydroxylation is 1. The van der Waals surface area contributed by atoms with E-state index in [1.54, 1.807) is 6.26 Å². The Morgan fingerprint density at radius 3 is 2.76 bits per heavy atom. The molecule has 0 atom stereocenters. The number of rotatable bonds is 2. The van der Waals surface area contributed by atoms with E-state index in [0.717, 1.165) is 37.6 Å². The molecule has 0 spiro atoms. The van der Waals surface area contributed by atoms with Crippen LogP contribution in [0.4, 0.5) is 0 Å². The molecule has 1 aliphatic heterocycles. The van der Waals surface area contributed by atoms with Crippen LogP contribution in [0.25, 0.3) is 0 Å². The topological polar surface area (TPSA) is 64.0 Å². The van der Waals surface area contributed by atoms with E-state index in [-0.39, 0.29) is 24.0 Å². The number of hydrogen-bond acceptors (Lipinski definition) is 3. The van der Waals surface area contributed by atoms with Crippen LogP contribution in [0.2, 0.25) is 0 Å². The summed E-state index contributed by atoms with van der Waals surface area (Å²) >= 11 is 0. The summed E-state index contributed by atoms with van der Waals surface area (Å²) in [5.74, 6) is 1.44. The molecule has 0 unspecified atom stereocenters. The molecule has 1 aliphatic rings. The lowest BCUT2D eigenvalue weighted by Gasteiger charge is -2.27. The SMILES string of the molecule is Cc1ccoc1CN=C(N)N1CCOCC1.I. The minimum absolute atomic E-state index is 0. The smallest absolute Gasteiger partial charge is 0.191 e. The maximum absolute atomic E-state index is 5.89. The highest BCUT2D eigenvalue weighted by molar-refractivity contribution is 14.0. The van der Waals surface area contributed by atoms with Crippen molar-refractivity contribution in [2.75, 3.05) is 26.3 Å². The van der Waals surface area contributed by atoms with Crippen molar-refractivity contribution in [2.24, 2.45) is 10.7 Å². The molecule has 1 fully saturated rings. The maximum Gasteiger partial charge on any atom is 0.191 e. The summed E-state index contributed by atoms with van der Waals surface area (Å²) in [5.41, 5.74) is 7.00. The Labute approximate surface area is 118 Å². The quantitative estimate of drug-likeness (QED) is 0.496. The molecule has 2 N–H and O–H groups in total. The van der Waals surface area contributed by atoms with E-state index < -0.39 is 0 Å². The number of halogens is 1. The highest BCUT2D eigenvalue weighted by Crippen LogP contribution is 2.10. The van der Waals surface area contributed by atoms with Crippen LogP contribution in [0.15, 0.2) is 21.7 Å². The minimum atomic E-state index is 0. The Hall–Kier alpha value is -0.760. The van der Waals surface area contributed by atoms with Gasteiger partial charge >= 0.3 is 0 Å². The average molecular weight is 351 g/mol. The number of nitrogens with two attached hydrogens (primary N) is 1. The lowest BCUT2D eigenvalue weighted by Crippen LogP contribution is -2.44. The number of nitrogens with zero attached hydrogens (tertiary/aromatic N) is 2. The molecular formula is C11H18IN3O2. The summed E-state index contributed by atoms with van der Waals surface area (Å²) < 4.78 is 10.5. The molecule has 96 valence electrons. The van der Waals surface area contributed by atoms with Gasteiger partial charge in [0.25, 0.3) is 0 Å². The Bertz CT molecular complexity index is 373. The summed E-state index contributed by atoms with van der Waals surface area (Å²) in [7, 11) is 0. The third kappa shape index (κ3) is 3.88. The van der Waals surface area contributed by atoms with E-state index in [1.165, 1.54) is 0 Å². The van der Waals surface area contributed by atoms with Crippen molar-refractivity contribution < 1.29 is 9.15 Å². The standard InChI is InChI=1S/C11H17N3O2.HI/c1-9-2-5-16-10(9)8-13-11(12)14-3-6-15-7-4-14;/h2,5H,3-4,6-8H2,1H3,(H2,12,13);1H. The first-order chi connectivity index (χ1) is 7.77. The van der Waals surface area contributed by atoms with E-state index >= 15 is 0 Å². The van der Waals surface area contributed by atoms with Gasteiger partial charge in [0.2, 0.25) is 0 Å². The summed E-state index contributed by atoms with van der Waals surface area (Å²) in [5, 5.41) is 0. The van der Waals surface area contributed by atoms with Crippen LogP contribution in [-0.4, -0.2) is 37.2 Å². The van der Waals surface area contributed by atoms with Crippen molar-refractivity contribution >= 4 is 29.9 Å². The Morgan fingerprint density at radius 1 is 1.47 bits per heavy atom. The molecule has 1 saturated heterocycles. The molecule has 17 heavy (non-hydrogen) atoms. The number of hydrogen-bond donors (Lipinski definition) is 1. The molecule has 0 amide bonds. The van der Waals surface area contributed by atoms with Crippen LogP contribution >= 0.6 is 24.0 Å². The molecule has 1 aromatic rings. The van der Waals surface area contributed by atoms with Gasteiger partial charge in [-0.05, 0) is 18.6 Å². The zero-order valence-electron chi connectivity index (χ0n) is 9.89. The number of ether oxygens (including phenoxy) is 1. The molecule has 6 heteroatoms. The molecule has 0 aromatic carbocycles. The second-order valence-corrected chi connectivity index (χ2v) is 3.80. The number of aliphatic imine (C=N–C) groups is 1. The largest absolute Gasteiger partial charge is 0.467 e. The lowest BCUT2D eigenvalue weighted by atomic mass is 10.3. The summed E-state index contributed by atoms with van der Waals surface area (Å²) in [6.07, 6.45) is 1.67. The second-order valence-electron chi connectivity index (χ2n) is 3.80. The first-order valence-corrected chi connectivity index (χ1v) is 5.43. The molecule has 2 rings (SSSR count). The van der Waals surface area contributed by atoms with Gasteiger partial charge in [-0.3, -0.25) is 0 Å². The van der Waals surface area contributed by atoms with Crippen LogP contribution in [0.1, 0.15) is 11.3 Å². The number of morpholine rings is 1. The van der Waals surface area contributed by atoms with Crippen LogP contribution in [0, 0.1) is 6.92 Å². The van der Waals surface area contributed by atoms with E-state index in [0.29, 0.717) is 12.5 Å². The fourth-order valence-corrected chi connectivity index (χ4v) is 1.61. The maximum atomic E-state index is 5.89. The molecule has 5 nitrogen and oxygen atoms in total. The fraction of sp³-hybridized carbons (Fsp3) is 0.545. The molecule has 0 bridgehead atoms. The van der Waals surface area contributed by atoms with E-state index in [4.69, 9.17) is 14.9 Å². The van der Waals surface area contributed by atoms with E-state index in [2.05, 4.69) is 4.99 Å². The Balaban J connectivity index is 0.00000144. The normalized spacial score (nSPS) is 16.8. The van der Waals surface area contributed by atoms with Crippen molar-refractivity contribution in [3.63, 3.8) is 0 Å². The van der Waals surface area contributed by atoms with Gasteiger partial charge in [-0.1, -0.05) is 0 Å². The minimum Gasteiger partial charge on any atom is -0.467 e. The zero-order chi connectivity index (χ0) is 11.4. The third-order valence-electron chi connectivity index (χ3n) is 2.69. The van der Waals surface area contributed by atoms with Gasteiger partial charge in [0, 0.05) is 13.1 Å². The summed E-state index contributed by atoms with van der Waals surface area (Å²) in [4.78, 5) is 6.35. The van der Waals surface area contributed by atoms with Crippen LogP contribution in [-0.2, 0) is 11.3 Å². The van der Waals surface area contributed by atoms with Gasteiger partial charge in [0.15, 0.2) is 5.96 Å². The number of guanidine groups is 1. The van der Waals surface area contributed by atoms with Gasteiger partial charge in [-0.2, -0.15) is 0 Å². The first kappa shape index (κ1) is 14.3. The molecule has 0 radical (unpaired) electrons. The lowest BCUT2D eigenvalue weighted by molar-refractivity contribution is 0.0674. The fourth-order valence-electron chi connectivity index (χ4n) is 1.61. The van der Waals surface area contributed by atoms with Crippen LogP contribution in [0.5, 0.6) is 0 Å². The number of furan rings is 1. The van der Waals surface area contributed by atoms with Gasteiger partial charge in [-0.25, -0.2) is 4.99 Å².